The van der Waals surface area contributed by atoms with E-state index in [0.29, 0.717) is 13.1 Å². The fourth-order valence-electron chi connectivity index (χ4n) is 3.18. The summed E-state index contributed by atoms with van der Waals surface area (Å²) in [5, 5.41) is 3.83. The molecule has 1 saturated heterocycles. The molecule has 1 amide bonds. The summed E-state index contributed by atoms with van der Waals surface area (Å²) in [6.07, 6.45) is -0.197. The standard InChI is InChI=1S/C19H20ClFN2O5/c1-10-7-23(8-11(2)27-10)15(24)9-26-19(25)16-12(3)28-22-18(16)17-13(20)5-4-6-14(17)21/h4-6,10-11H,7-9H2,1-3H3/t10-,11+. The second kappa shape index (κ2) is 8.28. The van der Waals surface area contributed by atoms with Gasteiger partial charge in [-0.1, -0.05) is 22.8 Å². The molecule has 0 unspecified atom stereocenters. The van der Waals surface area contributed by atoms with Gasteiger partial charge in [0.1, 0.15) is 22.8 Å². The average molecular weight is 411 g/mol. The predicted octanol–water partition coefficient (Wildman–Crippen LogP) is 3.24. The Labute approximate surface area is 166 Å². The molecule has 1 fully saturated rings. The van der Waals surface area contributed by atoms with Gasteiger partial charge < -0.3 is 18.9 Å². The molecule has 9 heteroatoms. The van der Waals surface area contributed by atoms with Crippen LogP contribution >= 0.6 is 11.6 Å². The molecule has 0 spiro atoms. The number of carbonyl (C=O) groups excluding carboxylic acids is 2. The van der Waals surface area contributed by atoms with Gasteiger partial charge in [-0.15, -0.1) is 0 Å². The van der Waals surface area contributed by atoms with Crippen LogP contribution in [-0.4, -0.2) is 53.8 Å². The SMILES string of the molecule is Cc1onc(-c2c(F)cccc2Cl)c1C(=O)OCC(=O)N1C[C@@H](C)O[C@@H](C)C1. The highest BCUT2D eigenvalue weighted by molar-refractivity contribution is 6.33. The fraction of sp³-hybridized carbons (Fsp3) is 0.421. The third-order valence-corrected chi connectivity index (χ3v) is 4.68. The lowest BCUT2D eigenvalue weighted by Crippen LogP contribution is -2.49. The van der Waals surface area contributed by atoms with E-state index in [1.54, 1.807) is 4.90 Å². The highest BCUT2D eigenvalue weighted by Gasteiger charge is 2.29. The van der Waals surface area contributed by atoms with Crippen LogP contribution in [0.4, 0.5) is 4.39 Å². The highest BCUT2D eigenvalue weighted by atomic mass is 35.5. The molecular formula is C19H20ClFN2O5. The van der Waals surface area contributed by atoms with Crippen molar-refractivity contribution in [2.45, 2.75) is 33.0 Å². The molecule has 1 aliphatic rings. The maximum Gasteiger partial charge on any atom is 0.344 e. The molecule has 7 nitrogen and oxygen atoms in total. The number of esters is 1. The van der Waals surface area contributed by atoms with E-state index in [4.69, 9.17) is 25.6 Å². The molecule has 0 N–H and O–H groups in total. The van der Waals surface area contributed by atoms with Gasteiger partial charge in [0.15, 0.2) is 6.61 Å². The lowest BCUT2D eigenvalue weighted by Gasteiger charge is -2.35. The maximum absolute atomic E-state index is 14.2. The number of nitrogens with zero attached hydrogens (tertiary/aromatic N) is 2. The molecule has 150 valence electrons. The van der Waals surface area contributed by atoms with Crippen LogP contribution in [0.3, 0.4) is 0 Å². The van der Waals surface area contributed by atoms with Gasteiger partial charge in [-0.2, -0.15) is 0 Å². The number of carbonyl (C=O) groups is 2. The van der Waals surface area contributed by atoms with Crippen molar-refractivity contribution in [2.24, 2.45) is 0 Å². The monoisotopic (exact) mass is 410 g/mol. The number of aryl methyl sites for hydroxylation is 1. The zero-order chi connectivity index (χ0) is 20.4. The number of halogens is 2. The quantitative estimate of drug-likeness (QED) is 0.720. The highest BCUT2D eigenvalue weighted by Crippen LogP contribution is 2.33. The molecule has 1 aromatic heterocycles. The van der Waals surface area contributed by atoms with Crippen molar-refractivity contribution in [3.63, 3.8) is 0 Å². The van der Waals surface area contributed by atoms with E-state index >= 15 is 0 Å². The summed E-state index contributed by atoms with van der Waals surface area (Å²) < 4.78 is 30.0. The minimum Gasteiger partial charge on any atom is -0.452 e. The van der Waals surface area contributed by atoms with Gasteiger partial charge in [-0.25, -0.2) is 9.18 Å². The second-order valence-corrected chi connectivity index (χ2v) is 7.10. The van der Waals surface area contributed by atoms with Crippen molar-refractivity contribution in [2.75, 3.05) is 19.7 Å². The van der Waals surface area contributed by atoms with Crippen LogP contribution < -0.4 is 0 Å². The van der Waals surface area contributed by atoms with Crippen molar-refractivity contribution in [1.29, 1.82) is 0 Å². The van der Waals surface area contributed by atoms with Crippen molar-refractivity contribution < 1.29 is 28.0 Å². The van der Waals surface area contributed by atoms with Gasteiger partial charge in [0.05, 0.1) is 22.8 Å². The molecule has 28 heavy (non-hydrogen) atoms. The normalized spacial score (nSPS) is 19.5. The molecule has 0 bridgehead atoms. The number of ether oxygens (including phenoxy) is 2. The topological polar surface area (TPSA) is 81.9 Å². The first-order chi connectivity index (χ1) is 13.3. The summed E-state index contributed by atoms with van der Waals surface area (Å²) in [7, 11) is 0. The summed E-state index contributed by atoms with van der Waals surface area (Å²) in [6, 6.07) is 4.11. The molecule has 0 aliphatic carbocycles. The molecular weight excluding hydrogens is 391 g/mol. The van der Waals surface area contributed by atoms with Gasteiger partial charge in [0.2, 0.25) is 0 Å². The minimum atomic E-state index is -0.837. The first-order valence-corrected chi connectivity index (χ1v) is 9.16. The first kappa shape index (κ1) is 20.3. The van der Waals surface area contributed by atoms with E-state index in [1.807, 2.05) is 13.8 Å². The molecule has 1 aliphatic heterocycles. The van der Waals surface area contributed by atoms with Gasteiger partial charge in [0.25, 0.3) is 5.91 Å². The summed E-state index contributed by atoms with van der Waals surface area (Å²) in [4.78, 5) is 26.5. The number of hydrogen-bond acceptors (Lipinski definition) is 6. The Morgan fingerprint density at radius 1 is 1.32 bits per heavy atom. The number of rotatable bonds is 4. The van der Waals surface area contributed by atoms with Crippen molar-refractivity contribution in [3.05, 3.63) is 40.4 Å². The summed E-state index contributed by atoms with van der Waals surface area (Å²) >= 11 is 6.06. The Hall–Kier alpha value is -2.45. The number of aromatic nitrogens is 1. The van der Waals surface area contributed by atoms with E-state index in [2.05, 4.69) is 5.16 Å². The van der Waals surface area contributed by atoms with Crippen molar-refractivity contribution in [1.82, 2.24) is 10.1 Å². The van der Waals surface area contributed by atoms with E-state index in [0.717, 1.165) is 0 Å². The molecule has 1 aromatic carbocycles. The smallest absolute Gasteiger partial charge is 0.344 e. The second-order valence-electron chi connectivity index (χ2n) is 6.69. The maximum atomic E-state index is 14.2. The largest absolute Gasteiger partial charge is 0.452 e. The number of benzene rings is 1. The lowest BCUT2D eigenvalue weighted by molar-refractivity contribution is -0.146. The average Bonchev–Trinajstić information content (AvgIpc) is 2.99. The Bertz CT molecular complexity index is 870. The third kappa shape index (κ3) is 4.18. The zero-order valence-corrected chi connectivity index (χ0v) is 16.5. The molecule has 0 saturated carbocycles. The Morgan fingerprint density at radius 3 is 2.64 bits per heavy atom. The number of morpholine rings is 1. The van der Waals surface area contributed by atoms with Gasteiger partial charge in [-0.3, -0.25) is 4.79 Å². The summed E-state index contributed by atoms with van der Waals surface area (Å²) in [5.74, 6) is -1.69. The number of amides is 1. The lowest BCUT2D eigenvalue weighted by atomic mass is 10.1. The zero-order valence-electron chi connectivity index (χ0n) is 15.7. The van der Waals surface area contributed by atoms with Crippen LogP contribution in [0.15, 0.2) is 22.7 Å². The predicted molar refractivity (Wildman–Crippen MR) is 98.5 cm³/mol. The van der Waals surface area contributed by atoms with E-state index < -0.39 is 18.4 Å². The van der Waals surface area contributed by atoms with Crippen LogP contribution in [0.1, 0.15) is 30.0 Å². The van der Waals surface area contributed by atoms with Gasteiger partial charge >= 0.3 is 5.97 Å². The van der Waals surface area contributed by atoms with Crippen LogP contribution in [0, 0.1) is 12.7 Å². The fourth-order valence-corrected chi connectivity index (χ4v) is 3.43. The van der Waals surface area contributed by atoms with E-state index in [1.165, 1.54) is 25.1 Å². The molecule has 0 radical (unpaired) electrons. The van der Waals surface area contributed by atoms with Crippen LogP contribution in [0.25, 0.3) is 11.3 Å². The molecule has 3 rings (SSSR count). The minimum absolute atomic E-state index is 0.0601. The molecule has 2 heterocycles. The Morgan fingerprint density at radius 2 is 2.00 bits per heavy atom. The van der Waals surface area contributed by atoms with Crippen LogP contribution in [0.5, 0.6) is 0 Å². The summed E-state index contributed by atoms with van der Waals surface area (Å²) in [5.41, 5.74) is -0.190. The van der Waals surface area contributed by atoms with E-state index in [9.17, 15) is 14.0 Å². The third-order valence-electron chi connectivity index (χ3n) is 4.37. The van der Waals surface area contributed by atoms with Gasteiger partial charge in [0, 0.05) is 13.1 Å². The van der Waals surface area contributed by atoms with Crippen LogP contribution in [-0.2, 0) is 14.3 Å². The molecule has 2 atom stereocenters. The van der Waals surface area contributed by atoms with E-state index in [-0.39, 0.29) is 45.7 Å². The van der Waals surface area contributed by atoms with Crippen LogP contribution in [0.2, 0.25) is 5.02 Å². The van der Waals surface area contributed by atoms with Gasteiger partial charge in [-0.05, 0) is 32.9 Å². The van der Waals surface area contributed by atoms with Crippen molar-refractivity contribution in [3.8, 4) is 11.3 Å². The number of hydrogen-bond donors (Lipinski definition) is 0. The Kier molecular flexibility index (Phi) is 6.00. The van der Waals surface area contributed by atoms with Crippen molar-refractivity contribution >= 4 is 23.5 Å². The first-order valence-electron chi connectivity index (χ1n) is 8.79. The summed E-state index contributed by atoms with van der Waals surface area (Å²) in [6.45, 7) is 5.62. The molecule has 2 aromatic rings. The Balaban J connectivity index is 1.75.